The number of hydrogen-bond donors (Lipinski definition) is 1. The lowest BCUT2D eigenvalue weighted by molar-refractivity contribution is -0.150. The fourth-order valence-corrected chi connectivity index (χ4v) is 3.73. The summed E-state index contributed by atoms with van der Waals surface area (Å²) in [6.07, 6.45) is 0.729. The van der Waals surface area contributed by atoms with E-state index < -0.39 is 12.1 Å². The van der Waals surface area contributed by atoms with Crippen LogP contribution in [0.5, 0.6) is 0 Å². The van der Waals surface area contributed by atoms with E-state index in [9.17, 15) is 9.59 Å². The summed E-state index contributed by atoms with van der Waals surface area (Å²) in [6.45, 7) is 9.49. The third kappa shape index (κ3) is 5.84. The quantitative estimate of drug-likeness (QED) is 0.493. The highest BCUT2D eigenvalue weighted by atomic mass is 79.9. The number of aryl methyl sites for hydroxylation is 2. The molecule has 0 spiro atoms. The first-order valence-corrected chi connectivity index (χ1v) is 10.4. The maximum absolute atomic E-state index is 12.3. The van der Waals surface area contributed by atoms with Gasteiger partial charge in [-0.1, -0.05) is 15.9 Å². The first kappa shape index (κ1) is 21.5. The van der Waals surface area contributed by atoms with Crippen molar-refractivity contribution in [2.75, 3.05) is 11.1 Å². The monoisotopic (exact) mass is 453 g/mol. The van der Waals surface area contributed by atoms with Gasteiger partial charge >= 0.3 is 5.97 Å². The lowest BCUT2D eigenvalue weighted by atomic mass is 10.2. The van der Waals surface area contributed by atoms with E-state index in [-0.39, 0.29) is 17.7 Å². The molecule has 0 aliphatic carbocycles. The first-order valence-electron chi connectivity index (χ1n) is 8.62. The minimum Gasteiger partial charge on any atom is -0.452 e. The van der Waals surface area contributed by atoms with Crippen molar-refractivity contribution >= 4 is 45.4 Å². The van der Waals surface area contributed by atoms with E-state index in [1.54, 1.807) is 23.9 Å². The molecule has 1 amide bonds. The van der Waals surface area contributed by atoms with Crippen LogP contribution in [0, 0.1) is 13.8 Å². The Morgan fingerprint density at radius 1 is 1.26 bits per heavy atom. The van der Waals surface area contributed by atoms with E-state index in [0.717, 1.165) is 20.5 Å². The van der Waals surface area contributed by atoms with Crippen LogP contribution in [0.2, 0.25) is 0 Å². The number of nitrogens with one attached hydrogen (secondary N) is 1. The Bertz CT molecular complexity index is 836. The molecule has 0 aliphatic heterocycles. The van der Waals surface area contributed by atoms with Gasteiger partial charge in [-0.2, -0.15) is 5.10 Å². The van der Waals surface area contributed by atoms with Gasteiger partial charge in [-0.05, 0) is 57.9 Å². The Labute approximate surface area is 172 Å². The highest BCUT2D eigenvalue weighted by Crippen LogP contribution is 2.28. The average molecular weight is 454 g/mol. The predicted octanol–water partition coefficient (Wildman–Crippen LogP) is 4.51. The summed E-state index contributed by atoms with van der Waals surface area (Å²) in [6, 6.07) is 5.88. The van der Waals surface area contributed by atoms with Crippen molar-refractivity contribution in [1.82, 2.24) is 9.78 Å². The molecular formula is C19H24BrN3O3S. The number of hydrogen-bond acceptors (Lipinski definition) is 5. The van der Waals surface area contributed by atoms with Crippen LogP contribution in [0.3, 0.4) is 0 Å². The van der Waals surface area contributed by atoms with Gasteiger partial charge in [0, 0.05) is 21.5 Å². The Morgan fingerprint density at radius 3 is 2.63 bits per heavy atom. The number of ether oxygens (including phenoxy) is 1. The standard InChI is InChI=1S/C19H24BrN3O3S/c1-11(2)23-17(6-7-21-23)22-19(25)14(5)26-18(24)10-27-16-9-12(3)15(20)8-13(16)4/h6-9,11,14H,10H2,1-5H3,(H,22,25)/t14-/m0/s1. The second kappa shape index (κ2) is 9.41. The van der Waals surface area contributed by atoms with Crippen LogP contribution in [0.1, 0.15) is 37.9 Å². The largest absolute Gasteiger partial charge is 0.452 e. The van der Waals surface area contributed by atoms with Gasteiger partial charge in [-0.25, -0.2) is 4.68 Å². The predicted molar refractivity (Wildman–Crippen MR) is 111 cm³/mol. The second-order valence-electron chi connectivity index (χ2n) is 6.53. The Morgan fingerprint density at radius 2 is 1.96 bits per heavy atom. The highest BCUT2D eigenvalue weighted by Gasteiger charge is 2.20. The van der Waals surface area contributed by atoms with Crippen LogP contribution < -0.4 is 5.32 Å². The zero-order chi connectivity index (χ0) is 20.1. The molecule has 0 bridgehead atoms. The molecular weight excluding hydrogens is 430 g/mol. The zero-order valence-corrected chi connectivity index (χ0v) is 18.5. The van der Waals surface area contributed by atoms with Gasteiger partial charge in [0.1, 0.15) is 5.82 Å². The van der Waals surface area contributed by atoms with Crippen molar-refractivity contribution in [2.45, 2.75) is 51.7 Å². The third-order valence-corrected chi connectivity index (χ3v) is 5.88. The lowest BCUT2D eigenvalue weighted by Gasteiger charge is -2.16. The third-order valence-electron chi connectivity index (χ3n) is 3.89. The lowest BCUT2D eigenvalue weighted by Crippen LogP contribution is -2.31. The number of esters is 1. The van der Waals surface area contributed by atoms with E-state index in [0.29, 0.717) is 5.82 Å². The van der Waals surface area contributed by atoms with Gasteiger partial charge in [0.05, 0.1) is 11.9 Å². The van der Waals surface area contributed by atoms with E-state index in [2.05, 4.69) is 26.3 Å². The van der Waals surface area contributed by atoms with E-state index in [4.69, 9.17) is 4.74 Å². The maximum atomic E-state index is 12.3. The Balaban J connectivity index is 1.88. The molecule has 1 atom stereocenters. The van der Waals surface area contributed by atoms with Crippen LogP contribution in [0.15, 0.2) is 33.8 Å². The zero-order valence-electron chi connectivity index (χ0n) is 16.1. The number of aromatic nitrogens is 2. The molecule has 1 heterocycles. The molecule has 2 rings (SSSR count). The molecule has 146 valence electrons. The summed E-state index contributed by atoms with van der Waals surface area (Å²) in [7, 11) is 0. The number of halogens is 1. The van der Waals surface area contributed by atoms with Crippen molar-refractivity contribution < 1.29 is 14.3 Å². The number of nitrogens with zero attached hydrogens (tertiary/aromatic N) is 2. The molecule has 1 N–H and O–H groups in total. The topological polar surface area (TPSA) is 73.2 Å². The molecule has 0 saturated carbocycles. The molecule has 0 fully saturated rings. The van der Waals surface area contributed by atoms with Crippen LogP contribution in [-0.2, 0) is 14.3 Å². The van der Waals surface area contributed by atoms with Crippen molar-refractivity contribution in [1.29, 1.82) is 0 Å². The summed E-state index contributed by atoms with van der Waals surface area (Å²) in [5, 5.41) is 6.91. The molecule has 0 aliphatic rings. The van der Waals surface area contributed by atoms with Crippen LogP contribution in [-0.4, -0.2) is 33.5 Å². The molecule has 27 heavy (non-hydrogen) atoms. The SMILES string of the molecule is Cc1cc(SCC(=O)O[C@@H](C)C(=O)Nc2ccnn2C(C)C)c(C)cc1Br. The summed E-state index contributed by atoms with van der Waals surface area (Å²) < 4.78 is 8.00. The van der Waals surface area contributed by atoms with Crippen molar-refractivity contribution in [3.05, 3.63) is 40.0 Å². The minimum atomic E-state index is -0.888. The fraction of sp³-hybridized carbons (Fsp3) is 0.421. The maximum Gasteiger partial charge on any atom is 0.317 e. The molecule has 0 unspecified atom stereocenters. The van der Waals surface area contributed by atoms with Gasteiger partial charge in [-0.3, -0.25) is 9.59 Å². The number of carbonyl (C=O) groups is 2. The van der Waals surface area contributed by atoms with Crippen molar-refractivity contribution in [3.8, 4) is 0 Å². The molecule has 0 radical (unpaired) electrons. The van der Waals surface area contributed by atoms with Crippen LogP contribution >= 0.6 is 27.7 Å². The number of thioether (sulfide) groups is 1. The summed E-state index contributed by atoms with van der Waals surface area (Å²) in [5.41, 5.74) is 2.18. The van der Waals surface area contributed by atoms with Crippen LogP contribution in [0.4, 0.5) is 5.82 Å². The Kier molecular flexibility index (Phi) is 7.49. The van der Waals surface area contributed by atoms with Crippen molar-refractivity contribution in [2.24, 2.45) is 0 Å². The van der Waals surface area contributed by atoms with Crippen LogP contribution in [0.25, 0.3) is 0 Å². The Hall–Kier alpha value is -1.80. The number of benzene rings is 1. The van der Waals surface area contributed by atoms with Crippen molar-refractivity contribution in [3.63, 3.8) is 0 Å². The summed E-state index contributed by atoms with van der Waals surface area (Å²) in [4.78, 5) is 25.4. The smallest absolute Gasteiger partial charge is 0.317 e. The number of amides is 1. The molecule has 2 aromatic rings. The average Bonchev–Trinajstić information content (AvgIpc) is 3.05. The van der Waals surface area contributed by atoms with Gasteiger partial charge in [0.15, 0.2) is 6.10 Å². The number of carbonyl (C=O) groups excluding carboxylic acids is 2. The normalized spacial score (nSPS) is 12.1. The summed E-state index contributed by atoms with van der Waals surface area (Å²) in [5.74, 6) is -0.0941. The van der Waals surface area contributed by atoms with Gasteiger partial charge in [-0.15, -0.1) is 11.8 Å². The summed E-state index contributed by atoms with van der Waals surface area (Å²) >= 11 is 4.90. The highest BCUT2D eigenvalue weighted by molar-refractivity contribution is 9.10. The van der Waals surface area contributed by atoms with E-state index in [1.807, 2.05) is 39.8 Å². The minimum absolute atomic E-state index is 0.113. The number of anilines is 1. The first-order chi connectivity index (χ1) is 12.7. The number of rotatable bonds is 7. The molecule has 1 aromatic heterocycles. The molecule has 8 heteroatoms. The second-order valence-corrected chi connectivity index (χ2v) is 8.40. The van der Waals surface area contributed by atoms with Gasteiger partial charge in [0.25, 0.3) is 5.91 Å². The molecule has 0 saturated heterocycles. The van der Waals surface area contributed by atoms with Gasteiger partial charge < -0.3 is 10.1 Å². The molecule has 6 nitrogen and oxygen atoms in total. The van der Waals surface area contributed by atoms with E-state index in [1.165, 1.54) is 11.8 Å². The fourth-order valence-electron chi connectivity index (χ4n) is 2.38. The molecule has 1 aromatic carbocycles. The van der Waals surface area contributed by atoms with E-state index >= 15 is 0 Å². The van der Waals surface area contributed by atoms with Gasteiger partial charge in [0.2, 0.25) is 0 Å².